The number of phenolic OH excluding ortho intramolecular Hbond substituents is 4. The van der Waals surface area contributed by atoms with Gasteiger partial charge in [0.05, 0.1) is 11.1 Å². The summed E-state index contributed by atoms with van der Waals surface area (Å²) in [5.41, 5.74) is -4.15. The van der Waals surface area contributed by atoms with Crippen LogP contribution in [0.5, 0.6) is 23.0 Å². The van der Waals surface area contributed by atoms with E-state index in [-0.39, 0.29) is 0 Å². The SMILES string of the molecule is CC(C)c1c(O)c(Cc2cc(C(=O)C(F)(F)F)c(O)c(C(C)C)c2O)cc(C(=O)C(F)(F)F)c1O. The third-order valence-electron chi connectivity index (χ3n) is 5.32. The van der Waals surface area contributed by atoms with Crippen LogP contribution in [0.2, 0.25) is 0 Å². The standard InChI is InChI=1S/C23H22F6O6/c1-8(2)14-16(30)10(6-12(18(14)32)20(34)22(24,25)26)5-11-7-13(21(35)23(27,28)29)19(33)15(9(3)4)17(11)31/h6-9,30-33H,5H2,1-4H3. The first-order valence-corrected chi connectivity index (χ1v) is 10.2. The van der Waals surface area contributed by atoms with Crippen molar-refractivity contribution in [3.63, 3.8) is 0 Å². The Morgan fingerprint density at radius 3 is 1.17 bits per heavy atom. The zero-order chi connectivity index (χ0) is 27.2. The van der Waals surface area contributed by atoms with Crippen molar-refractivity contribution in [1.82, 2.24) is 0 Å². The zero-order valence-corrected chi connectivity index (χ0v) is 18.9. The maximum absolute atomic E-state index is 13.1. The van der Waals surface area contributed by atoms with Gasteiger partial charge in [-0.1, -0.05) is 27.7 Å². The number of hydrogen-bond donors (Lipinski definition) is 4. The lowest BCUT2D eigenvalue weighted by atomic mass is 9.87. The molecule has 4 N–H and O–H groups in total. The summed E-state index contributed by atoms with van der Waals surface area (Å²) in [5.74, 6) is -10.2. The van der Waals surface area contributed by atoms with Gasteiger partial charge in [0, 0.05) is 17.5 Å². The monoisotopic (exact) mass is 508 g/mol. The molecule has 0 bridgehead atoms. The van der Waals surface area contributed by atoms with Crippen molar-refractivity contribution < 1.29 is 56.4 Å². The fourth-order valence-corrected chi connectivity index (χ4v) is 3.70. The first-order chi connectivity index (χ1) is 15.8. The van der Waals surface area contributed by atoms with Crippen LogP contribution in [0.1, 0.15) is 82.5 Å². The molecular formula is C23H22F6O6. The quantitative estimate of drug-likeness (QED) is 0.288. The van der Waals surface area contributed by atoms with E-state index in [2.05, 4.69) is 0 Å². The zero-order valence-electron chi connectivity index (χ0n) is 18.9. The third kappa shape index (κ3) is 5.30. The molecule has 35 heavy (non-hydrogen) atoms. The van der Waals surface area contributed by atoms with Gasteiger partial charge in [-0.15, -0.1) is 0 Å². The molecule has 0 atom stereocenters. The van der Waals surface area contributed by atoms with Crippen LogP contribution in [0, 0.1) is 0 Å². The number of rotatable bonds is 6. The van der Waals surface area contributed by atoms with Crippen LogP contribution < -0.4 is 0 Å². The van der Waals surface area contributed by atoms with E-state index in [0.717, 1.165) is 0 Å². The Balaban J connectivity index is 2.86. The highest BCUT2D eigenvalue weighted by Crippen LogP contribution is 2.45. The summed E-state index contributed by atoms with van der Waals surface area (Å²) in [4.78, 5) is 23.7. The molecule has 2 rings (SSSR count). The summed E-state index contributed by atoms with van der Waals surface area (Å²) in [6.07, 6.45) is -11.5. The summed E-state index contributed by atoms with van der Waals surface area (Å²) in [7, 11) is 0. The highest BCUT2D eigenvalue weighted by molar-refractivity contribution is 6.04. The van der Waals surface area contributed by atoms with Crippen molar-refractivity contribution in [2.75, 3.05) is 0 Å². The Labute approximate surface area is 195 Å². The van der Waals surface area contributed by atoms with Gasteiger partial charge < -0.3 is 20.4 Å². The number of benzene rings is 2. The molecule has 2 aromatic carbocycles. The Kier molecular flexibility index (Phi) is 7.39. The number of ketones is 2. The topological polar surface area (TPSA) is 115 Å². The highest BCUT2D eigenvalue weighted by Gasteiger charge is 2.43. The largest absolute Gasteiger partial charge is 0.507 e. The minimum Gasteiger partial charge on any atom is -0.507 e. The average molecular weight is 508 g/mol. The number of carbonyl (C=O) groups is 2. The highest BCUT2D eigenvalue weighted by atomic mass is 19.4. The number of aromatic hydroxyl groups is 4. The van der Waals surface area contributed by atoms with Crippen LogP contribution in [-0.4, -0.2) is 44.3 Å². The second-order valence-electron chi connectivity index (χ2n) is 8.53. The molecule has 6 nitrogen and oxygen atoms in total. The second-order valence-corrected chi connectivity index (χ2v) is 8.53. The molecule has 0 spiro atoms. The minimum absolute atomic E-state index is 0.427. The van der Waals surface area contributed by atoms with Gasteiger partial charge in [0.2, 0.25) is 0 Å². The van der Waals surface area contributed by atoms with E-state index < -0.39 is 98.6 Å². The minimum atomic E-state index is -5.39. The molecule has 0 aliphatic rings. The van der Waals surface area contributed by atoms with Crippen LogP contribution in [0.25, 0.3) is 0 Å². The van der Waals surface area contributed by atoms with Gasteiger partial charge in [-0.2, -0.15) is 26.3 Å². The molecule has 0 saturated heterocycles. The van der Waals surface area contributed by atoms with Crippen molar-refractivity contribution in [3.8, 4) is 23.0 Å². The maximum Gasteiger partial charge on any atom is 0.455 e. The molecule has 0 saturated carbocycles. The second kappa shape index (κ2) is 9.31. The number of Topliss-reactive ketones (excluding diaryl/α,β-unsaturated/α-hetero) is 2. The molecule has 0 radical (unpaired) electrons. The summed E-state index contributed by atoms with van der Waals surface area (Å²) in [5, 5.41) is 41.7. The van der Waals surface area contributed by atoms with Crippen LogP contribution in [-0.2, 0) is 6.42 Å². The third-order valence-corrected chi connectivity index (χ3v) is 5.32. The summed E-state index contributed by atoms with van der Waals surface area (Å²) in [6.45, 7) is 5.59. The van der Waals surface area contributed by atoms with Gasteiger partial charge in [0.1, 0.15) is 23.0 Å². The van der Waals surface area contributed by atoms with E-state index in [0.29, 0.717) is 12.1 Å². The van der Waals surface area contributed by atoms with E-state index in [1.54, 1.807) is 0 Å². The van der Waals surface area contributed by atoms with Crippen molar-refractivity contribution in [2.24, 2.45) is 0 Å². The van der Waals surface area contributed by atoms with Crippen LogP contribution >= 0.6 is 0 Å². The predicted molar refractivity (Wildman–Crippen MR) is 111 cm³/mol. The van der Waals surface area contributed by atoms with E-state index in [1.165, 1.54) is 27.7 Å². The Morgan fingerprint density at radius 1 is 0.657 bits per heavy atom. The molecule has 2 aromatic rings. The Morgan fingerprint density at radius 2 is 0.943 bits per heavy atom. The molecule has 0 aliphatic heterocycles. The number of halogens is 6. The molecule has 0 aliphatic carbocycles. The molecule has 0 fully saturated rings. The van der Waals surface area contributed by atoms with Crippen LogP contribution in [0.4, 0.5) is 26.3 Å². The van der Waals surface area contributed by atoms with Crippen molar-refractivity contribution in [3.05, 3.63) is 45.5 Å². The Hall–Kier alpha value is -3.44. The lowest BCUT2D eigenvalue weighted by molar-refractivity contribution is -0.0889. The van der Waals surface area contributed by atoms with Crippen molar-refractivity contribution in [2.45, 2.75) is 58.3 Å². The molecule has 192 valence electrons. The number of carbonyl (C=O) groups excluding carboxylic acids is 2. The van der Waals surface area contributed by atoms with E-state index >= 15 is 0 Å². The van der Waals surface area contributed by atoms with E-state index in [1.807, 2.05) is 0 Å². The molecule has 0 amide bonds. The van der Waals surface area contributed by atoms with Gasteiger partial charge in [-0.05, 0) is 35.1 Å². The normalized spacial score (nSPS) is 12.5. The van der Waals surface area contributed by atoms with Gasteiger partial charge >= 0.3 is 12.4 Å². The molecule has 12 heteroatoms. The van der Waals surface area contributed by atoms with Gasteiger partial charge in [0.15, 0.2) is 0 Å². The summed E-state index contributed by atoms with van der Waals surface area (Å²) in [6, 6.07) is 1.03. The molecule has 0 unspecified atom stereocenters. The Bertz CT molecular complexity index is 1090. The number of alkyl halides is 6. The fraction of sp³-hybridized carbons (Fsp3) is 0.391. The van der Waals surface area contributed by atoms with Crippen molar-refractivity contribution in [1.29, 1.82) is 0 Å². The molecule has 0 aromatic heterocycles. The molecule has 0 heterocycles. The van der Waals surface area contributed by atoms with Gasteiger partial charge in [0.25, 0.3) is 11.6 Å². The average Bonchev–Trinajstić information content (AvgIpc) is 2.69. The summed E-state index contributed by atoms with van der Waals surface area (Å²) >= 11 is 0. The molecular weight excluding hydrogens is 486 g/mol. The maximum atomic E-state index is 13.1. The lowest BCUT2D eigenvalue weighted by Crippen LogP contribution is -2.24. The van der Waals surface area contributed by atoms with E-state index in [4.69, 9.17) is 0 Å². The fourth-order valence-electron chi connectivity index (χ4n) is 3.70. The van der Waals surface area contributed by atoms with Crippen LogP contribution in [0.15, 0.2) is 12.1 Å². The van der Waals surface area contributed by atoms with Crippen LogP contribution in [0.3, 0.4) is 0 Å². The van der Waals surface area contributed by atoms with Gasteiger partial charge in [-0.3, -0.25) is 9.59 Å². The number of phenols is 4. The van der Waals surface area contributed by atoms with E-state index in [9.17, 15) is 56.4 Å². The predicted octanol–water partition coefficient (Wildman–Crippen LogP) is 5.84. The first-order valence-electron chi connectivity index (χ1n) is 10.2. The van der Waals surface area contributed by atoms with Gasteiger partial charge in [-0.25, -0.2) is 0 Å². The summed E-state index contributed by atoms with van der Waals surface area (Å²) < 4.78 is 78.5. The van der Waals surface area contributed by atoms with Crippen molar-refractivity contribution >= 4 is 11.6 Å². The smallest absolute Gasteiger partial charge is 0.455 e. The number of hydrogen-bond acceptors (Lipinski definition) is 6. The lowest BCUT2D eigenvalue weighted by Gasteiger charge is -2.21. The first kappa shape index (κ1) is 27.8.